The average molecular weight is 154 g/mol. The molecule has 0 aromatic carbocycles. The van der Waals surface area contributed by atoms with Gasteiger partial charge >= 0.3 is 0 Å². The average Bonchev–Trinajstić information content (AvgIpc) is 2.17. The Labute approximate surface area is 70.9 Å². The maximum atomic E-state index is 5.92. The van der Waals surface area contributed by atoms with Crippen molar-refractivity contribution in [1.82, 2.24) is 0 Å². The van der Waals surface area contributed by atoms with Crippen molar-refractivity contribution >= 4 is 7.85 Å². The number of ether oxygens (including phenoxy) is 1. The van der Waals surface area contributed by atoms with Gasteiger partial charge in [0.1, 0.15) is 7.85 Å². The van der Waals surface area contributed by atoms with E-state index >= 15 is 0 Å². The van der Waals surface area contributed by atoms with Crippen LogP contribution in [0.5, 0.6) is 0 Å². The molecular weight excluding hydrogens is 135 g/mol. The van der Waals surface area contributed by atoms with E-state index in [2.05, 4.69) is 35.5 Å². The fourth-order valence-electron chi connectivity index (χ4n) is 2.01. The van der Waals surface area contributed by atoms with Crippen LogP contribution in [-0.4, -0.2) is 19.5 Å². The van der Waals surface area contributed by atoms with Crippen molar-refractivity contribution < 1.29 is 4.74 Å². The summed E-state index contributed by atoms with van der Waals surface area (Å²) in [6, 6.07) is 0.440. The first-order valence-electron chi connectivity index (χ1n) is 4.69. The van der Waals surface area contributed by atoms with Gasteiger partial charge in [-0.1, -0.05) is 20.8 Å². The van der Waals surface area contributed by atoms with Gasteiger partial charge in [-0.2, -0.15) is 0 Å². The summed E-state index contributed by atoms with van der Waals surface area (Å²) in [6.07, 6.45) is 1.13. The molecule has 0 spiro atoms. The lowest BCUT2D eigenvalue weighted by atomic mass is 9.77. The first kappa shape index (κ1) is 9.12. The monoisotopic (exact) mass is 154 g/mol. The first-order valence-corrected chi connectivity index (χ1v) is 4.69. The predicted octanol–water partition coefficient (Wildman–Crippen LogP) is 1.42. The van der Waals surface area contributed by atoms with E-state index in [4.69, 9.17) is 4.74 Å². The standard InChI is InChI=1S/C9H19BO/c1-5-9(4)7(3)6(2)8(10)11-9/h6-8H,5,10H2,1-4H3/t6-,7?,8+,9-/m0/s1. The molecule has 0 bridgehead atoms. The van der Waals surface area contributed by atoms with E-state index in [1.54, 1.807) is 0 Å². The van der Waals surface area contributed by atoms with Crippen LogP contribution in [0.15, 0.2) is 0 Å². The van der Waals surface area contributed by atoms with Crippen molar-refractivity contribution in [3.63, 3.8) is 0 Å². The van der Waals surface area contributed by atoms with Gasteiger partial charge in [0.15, 0.2) is 0 Å². The van der Waals surface area contributed by atoms with Gasteiger partial charge in [0.25, 0.3) is 0 Å². The molecule has 1 aliphatic rings. The molecular formula is C9H19BO. The molecule has 1 aliphatic heterocycles. The summed E-state index contributed by atoms with van der Waals surface area (Å²) in [5, 5.41) is 0. The topological polar surface area (TPSA) is 9.23 Å². The van der Waals surface area contributed by atoms with E-state index in [0.29, 0.717) is 17.8 Å². The Morgan fingerprint density at radius 2 is 2.00 bits per heavy atom. The Kier molecular flexibility index (Phi) is 2.33. The summed E-state index contributed by atoms with van der Waals surface area (Å²) in [4.78, 5) is 0. The third kappa shape index (κ3) is 1.33. The van der Waals surface area contributed by atoms with Crippen LogP contribution in [0, 0.1) is 11.8 Å². The Bertz CT molecular complexity index is 148. The second-order valence-corrected chi connectivity index (χ2v) is 4.14. The van der Waals surface area contributed by atoms with E-state index in [1.165, 1.54) is 0 Å². The van der Waals surface area contributed by atoms with Crippen LogP contribution in [0.3, 0.4) is 0 Å². The van der Waals surface area contributed by atoms with Crippen LogP contribution in [0.4, 0.5) is 0 Å². The van der Waals surface area contributed by atoms with E-state index in [-0.39, 0.29) is 5.60 Å². The second-order valence-electron chi connectivity index (χ2n) is 4.14. The van der Waals surface area contributed by atoms with Crippen LogP contribution in [0.1, 0.15) is 34.1 Å². The molecule has 0 aliphatic carbocycles. The minimum Gasteiger partial charge on any atom is -0.381 e. The van der Waals surface area contributed by atoms with Gasteiger partial charge in [-0.25, -0.2) is 0 Å². The summed E-state index contributed by atoms with van der Waals surface area (Å²) in [7, 11) is 2.18. The van der Waals surface area contributed by atoms with Crippen molar-refractivity contribution in [2.45, 2.75) is 45.7 Å². The van der Waals surface area contributed by atoms with E-state index < -0.39 is 0 Å². The van der Waals surface area contributed by atoms with Crippen molar-refractivity contribution in [1.29, 1.82) is 0 Å². The Balaban J connectivity index is 2.73. The number of rotatable bonds is 1. The number of hydrogen-bond acceptors (Lipinski definition) is 1. The van der Waals surface area contributed by atoms with Gasteiger partial charge in [-0.15, -0.1) is 0 Å². The van der Waals surface area contributed by atoms with Crippen LogP contribution < -0.4 is 0 Å². The highest BCUT2D eigenvalue weighted by atomic mass is 16.5. The summed E-state index contributed by atoms with van der Waals surface area (Å²) < 4.78 is 5.92. The van der Waals surface area contributed by atoms with Gasteiger partial charge in [0, 0.05) is 6.00 Å². The molecule has 1 unspecified atom stereocenters. The van der Waals surface area contributed by atoms with E-state index in [1.807, 2.05) is 0 Å². The van der Waals surface area contributed by atoms with Crippen molar-refractivity contribution in [2.24, 2.45) is 11.8 Å². The Morgan fingerprint density at radius 3 is 2.18 bits per heavy atom. The van der Waals surface area contributed by atoms with Crippen LogP contribution in [0.2, 0.25) is 0 Å². The van der Waals surface area contributed by atoms with E-state index in [9.17, 15) is 0 Å². The van der Waals surface area contributed by atoms with Gasteiger partial charge in [-0.05, 0) is 25.2 Å². The highest BCUT2D eigenvalue weighted by Gasteiger charge is 2.43. The highest BCUT2D eigenvalue weighted by molar-refractivity contribution is 6.11. The normalized spacial score (nSPS) is 51.5. The van der Waals surface area contributed by atoms with Gasteiger partial charge in [0.2, 0.25) is 0 Å². The smallest absolute Gasteiger partial charge is 0.139 e. The van der Waals surface area contributed by atoms with Crippen LogP contribution in [-0.2, 0) is 4.74 Å². The molecule has 0 saturated carbocycles. The summed E-state index contributed by atoms with van der Waals surface area (Å²) in [5.74, 6) is 1.41. The molecule has 4 atom stereocenters. The van der Waals surface area contributed by atoms with Crippen LogP contribution >= 0.6 is 0 Å². The lowest BCUT2D eigenvalue weighted by molar-refractivity contribution is -0.0188. The minimum absolute atomic E-state index is 0.138. The fourth-order valence-corrected chi connectivity index (χ4v) is 2.01. The summed E-state index contributed by atoms with van der Waals surface area (Å²) in [6.45, 7) is 9.03. The number of hydrogen-bond donors (Lipinski definition) is 0. The van der Waals surface area contributed by atoms with Crippen molar-refractivity contribution in [2.75, 3.05) is 0 Å². The molecule has 1 saturated heterocycles. The van der Waals surface area contributed by atoms with Crippen LogP contribution in [0.25, 0.3) is 0 Å². The lowest BCUT2D eigenvalue weighted by Gasteiger charge is -2.27. The molecule has 1 nitrogen and oxygen atoms in total. The highest BCUT2D eigenvalue weighted by Crippen LogP contribution is 2.40. The molecule has 0 radical (unpaired) electrons. The molecule has 2 heteroatoms. The molecule has 0 N–H and O–H groups in total. The first-order chi connectivity index (χ1) is 5.01. The zero-order valence-electron chi connectivity index (χ0n) is 8.35. The molecule has 0 aromatic rings. The molecule has 11 heavy (non-hydrogen) atoms. The quantitative estimate of drug-likeness (QED) is 0.519. The zero-order valence-corrected chi connectivity index (χ0v) is 8.35. The predicted molar refractivity (Wildman–Crippen MR) is 50.4 cm³/mol. The molecule has 0 aromatic heterocycles. The molecule has 1 fully saturated rings. The van der Waals surface area contributed by atoms with Gasteiger partial charge in [-0.3, -0.25) is 0 Å². The second kappa shape index (κ2) is 2.82. The van der Waals surface area contributed by atoms with Gasteiger partial charge in [0.05, 0.1) is 5.60 Å². The molecule has 0 amide bonds. The fraction of sp³-hybridized carbons (Fsp3) is 1.00. The van der Waals surface area contributed by atoms with Crippen molar-refractivity contribution in [3.05, 3.63) is 0 Å². The Hall–Kier alpha value is 0.0249. The summed E-state index contributed by atoms with van der Waals surface area (Å²) in [5.41, 5.74) is 0.138. The van der Waals surface area contributed by atoms with Crippen molar-refractivity contribution in [3.8, 4) is 0 Å². The Morgan fingerprint density at radius 1 is 1.45 bits per heavy atom. The third-order valence-corrected chi connectivity index (χ3v) is 3.65. The maximum absolute atomic E-state index is 5.92. The lowest BCUT2D eigenvalue weighted by Crippen LogP contribution is -2.30. The maximum Gasteiger partial charge on any atom is 0.139 e. The zero-order chi connectivity index (χ0) is 8.65. The molecule has 1 rings (SSSR count). The van der Waals surface area contributed by atoms with E-state index in [0.717, 1.165) is 6.42 Å². The third-order valence-electron chi connectivity index (χ3n) is 3.65. The summed E-state index contributed by atoms with van der Waals surface area (Å²) >= 11 is 0. The van der Waals surface area contributed by atoms with Gasteiger partial charge < -0.3 is 4.74 Å². The molecule has 1 heterocycles. The largest absolute Gasteiger partial charge is 0.381 e. The minimum atomic E-state index is 0.138. The molecule has 64 valence electrons. The SMILES string of the molecule is B[C@@H]1O[C@@](C)(CC)C(C)[C@@H]1C.